The zero-order valence-electron chi connectivity index (χ0n) is 14.0. The molecule has 2 aromatic rings. The highest BCUT2D eigenvalue weighted by atomic mass is 16.5. The summed E-state index contributed by atoms with van der Waals surface area (Å²) in [6.45, 7) is 7.74. The van der Waals surface area contributed by atoms with Crippen LogP contribution in [0.3, 0.4) is 0 Å². The Morgan fingerprint density at radius 1 is 1.17 bits per heavy atom. The topological polar surface area (TPSA) is 85.1 Å². The number of nitrogen functional groups attached to an aromatic ring is 1. The van der Waals surface area contributed by atoms with E-state index >= 15 is 0 Å². The maximum atomic E-state index is 6.18. The van der Waals surface area contributed by atoms with E-state index in [2.05, 4.69) is 34.4 Å². The van der Waals surface area contributed by atoms with Crippen molar-refractivity contribution in [3.05, 3.63) is 30.6 Å². The summed E-state index contributed by atoms with van der Waals surface area (Å²) in [4.78, 5) is 8.45. The number of nitrogens with two attached hydrogens (primary N) is 1. The molecular formula is C17H25N5O. The van der Waals surface area contributed by atoms with Crippen LogP contribution in [0.1, 0.15) is 27.2 Å². The average molecular weight is 315 g/mol. The number of ether oxygens (including phenoxy) is 1. The van der Waals surface area contributed by atoms with E-state index in [4.69, 9.17) is 10.5 Å². The quantitative estimate of drug-likeness (QED) is 0.689. The Bertz CT molecular complexity index is 630. The van der Waals surface area contributed by atoms with Gasteiger partial charge in [0.15, 0.2) is 11.6 Å². The van der Waals surface area contributed by atoms with Crippen LogP contribution in [0.2, 0.25) is 0 Å². The van der Waals surface area contributed by atoms with E-state index in [9.17, 15) is 0 Å². The van der Waals surface area contributed by atoms with E-state index in [0.29, 0.717) is 29.8 Å². The van der Waals surface area contributed by atoms with Crippen molar-refractivity contribution in [2.75, 3.05) is 29.5 Å². The third-order valence-electron chi connectivity index (χ3n) is 3.34. The van der Waals surface area contributed by atoms with Gasteiger partial charge in [-0.1, -0.05) is 26.0 Å². The van der Waals surface area contributed by atoms with Gasteiger partial charge in [0.25, 0.3) is 0 Å². The van der Waals surface area contributed by atoms with Crippen molar-refractivity contribution >= 4 is 23.0 Å². The highest BCUT2D eigenvalue weighted by Crippen LogP contribution is 2.30. The highest BCUT2D eigenvalue weighted by Gasteiger charge is 2.10. The lowest BCUT2D eigenvalue weighted by molar-refractivity contribution is 0.342. The molecule has 0 radical (unpaired) electrons. The number of nitrogens with one attached hydrogen (secondary N) is 2. The fourth-order valence-corrected chi connectivity index (χ4v) is 2.09. The molecule has 0 atom stereocenters. The van der Waals surface area contributed by atoms with Crippen molar-refractivity contribution in [1.29, 1.82) is 0 Å². The van der Waals surface area contributed by atoms with E-state index < -0.39 is 0 Å². The molecule has 1 heterocycles. The lowest BCUT2D eigenvalue weighted by atomic mass is 10.1. The lowest BCUT2D eigenvalue weighted by Crippen LogP contribution is -2.10. The molecule has 0 aliphatic rings. The van der Waals surface area contributed by atoms with Crippen LogP contribution in [0.4, 0.5) is 23.0 Å². The molecule has 2 rings (SSSR count). The van der Waals surface area contributed by atoms with Gasteiger partial charge in [0, 0.05) is 6.54 Å². The summed E-state index contributed by atoms with van der Waals surface area (Å²) in [5, 5.41) is 6.49. The Labute approximate surface area is 137 Å². The standard InChI is InChI=1S/C17H25N5O/c1-4-23-14-8-6-5-7-13(14)22-17-15(18)16(20-11-21-17)19-10-9-12(2)3/h5-8,11-12H,4,9-10,18H2,1-3H3,(H2,19,20,21,22). The summed E-state index contributed by atoms with van der Waals surface area (Å²) in [5.41, 5.74) is 7.51. The Kier molecular flexibility index (Phi) is 6.02. The van der Waals surface area contributed by atoms with Crippen molar-refractivity contribution in [3.8, 4) is 5.75 Å². The molecule has 6 nitrogen and oxygen atoms in total. The first-order valence-electron chi connectivity index (χ1n) is 7.95. The van der Waals surface area contributed by atoms with Crippen LogP contribution in [0.15, 0.2) is 30.6 Å². The summed E-state index contributed by atoms with van der Waals surface area (Å²) < 4.78 is 5.61. The van der Waals surface area contributed by atoms with Crippen molar-refractivity contribution in [1.82, 2.24) is 9.97 Å². The number of rotatable bonds is 8. The maximum Gasteiger partial charge on any atom is 0.159 e. The van der Waals surface area contributed by atoms with Crippen molar-refractivity contribution in [3.63, 3.8) is 0 Å². The van der Waals surface area contributed by atoms with Gasteiger partial charge in [-0.15, -0.1) is 0 Å². The smallest absolute Gasteiger partial charge is 0.159 e. The highest BCUT2D eigenvalue weighted by molar-refractivity contribution is 5.79. The van der Waals surface area contributed by atoms with Crippen LogP contribution in [0.5, 0.6) is 5.75 Å². The zero-order valence-corrected chi connectivity index (χ0v) is 14.0. The molecule has 1 aromatic carbocycles. The number of anilines is 4. The Morgan fingerprint density at radius 2 is 1.91 bits per heavy atom. The molecule has 23 heavy (non-hydrogen) atoms. The van der Waals surface area contributed by atoms with E-state index in [1.807, 2.05) is 31.2 Å². The summed E-state index contributed by atoms with van der Waals surface area (Å²) >= 11 is 0. The zero-order chi connectivity index (χ0) is 16.7. The summed E-state index contributed by atoms with van der Waals surface area (Å²) in [6.07, 6.45) is 2.55. The largest absolute Gasteiger partial charge is 0.492 e. The number of nitrogens with zero attached hydrogens (tertiary/aromatic N) is 2. The van der Waals surface area contributed by atoms with Crippen molar-refractivity contribution in [2.24, 2.45) is 5.92 Å². The van der Waals surface area contributed by atoms with E-state index in [0.717, 1.165) is 24.4 Å². The van der Waals surface area contributed by atoms with Crippen LogP contribution in [-0.2, 0) is 0 Å². The average Bonchev–Trinajstić information content (AvgIpc) is 2.52. The molecule has 0 fully saturated rings. The SMILES string of the molecule is CCOc1ccccc1Nc1ncnc(NCCC(C)C)c1N. The molecule has 0 aliphatic heterocycles. The third-order valence-corrected chi connectivity index (χ3v) is 3.34. The van der Waals surface area contributed by atoms with E-state index in [1.165, 1.54) is 6.33 Å². The van der Waals surface area contributed by atoms with Gasteiger partial charge < -0.3 is 21.1 Å². The minimum Gasteiger partial charge on any atom is -0.492 e. The number of benzene rings is 1. The number of hydrogen-bond donors (Lipinski definition) is 3. The molecule has 0 bridgehead atoms. The lowest BCUT2D eigenvalue weighted by Gasteiger charge is -2.15. The van der Waals surface area contributed by atoms with Crippen LogP contribution in [-0.4, -0.2) is 23.1 Å². The first kappa shape index (κ1) is 16.9. The molecule has 0 saturated carbocycles. The van der Waals surface area contributed by atoms with Crippen molar-refractivity contribution < 1.29 is 4.74 Å². The molecule has 0 saturated heterocycles. The van der Waals surface area contributed by atoms with Gasteiger partial charge in [-0.05, 0) is 31.4 Å². The molecule has 1 aromatic heterocycles. The fourth-order valence-electron chi connectivity index (χ4n) is 2.09. The summed E-state index contributed by atoms with van der Waals surface area (Å²) in [7, 11) is 0. The second-order valence-electron chi connectivity index (χ2n) is 5.65. The summed E-state index contributed by atoms with van der Waals surface area (Å²) in [6, 6.07) is 7.70. The fraction of sp³-hybridized carbons (Fsp3) is 0.412. The molecule has 0 aliphatic carbocycles. The molecule has 0 unspecified atom stereocenters. The number of aromatic nitrogens is 2. The third kappa shape index (κ3) is 4.74. The van der Waals surface area contributed by atoms with Gasteiger partial charge in [-0.2, -0.15) is 0 Å². The van der Waals surface area contributed by atoms with Gasteiger partial charge in [0.2, 0.25) is 0 Å². The molecule has 6 heteroatoms. The van der Waals surface area contributed by atoms with Gasteiger partial charge >= 0.3 is 0 Å². The second-order valence-corrected chi connectivity index (χ2v) is 5.65. The first-order chi connectivity index (χ1) is 11.1. The predicted molar refractivity (Wildman–Crippen MR) is 95.3 cm³/mol. The summed E-state index contributed by atoms with van der Waals surface area (Å²) in [5.74, 6) is 2.61. The van der Waals surface area contributed by atoms with Crippen molar-refractivity contribution in [2.45, 2.75) is 27.2 Å². The van der Waals surface area contributed by atoms with Gasteiger partial charge in [-0.3, -0.25) is 0 Å². The molecule has 4 N–H and O–H groups in total. The van der Waals surface area contributed by atoms with E-state index in [-0.39, 0.29) is 0 Å². The first-order valence-corrected chi connectivity index (χ1v) is 7.95. The van der Waals surface area contributed by atoms with Crippen LogP contribution < -0.4 is 21.1 Å². The number of para-hydroxylation sites is 2. The predicted octanol–water partition coefficient (Wildman–Crippen LogP) is 3.66. The van der Waals surface area contributed by atoms with Crippen LogP contribution in [0.25, 0.3) is 0 Å². The normalized spacial score (nSPS) is 10.6. The van der Waals surface area contributed by atoms with E-state index in [1.54, 1.807) is 0 Å². The minimum absolute atomic E-state index is 0.502. The maximum absolute atomic E-state index is 6.18. The minimum atomic E-state index is 0.502. The van der Waals surface area contributed by atoms with Crippen LogP contribution in [0, 0.1) is 5.92 Å². The molecule has 0 amide bonds. The van der Waals surface area contributed by atoms with Gasteiger partial charge in [-0.25, -0.2) is 9.97 Å². The number of hydrogen-bond acceptors (Lipinski definition) is 6. The van der Waals surface area contributed by atoms with Crippen LogP contribution >= 0.6 is 0 Å². The molecule has 124 valence electrons. The van der Waals surface area contributed by atoms with Gasteiger partial charge in [0.05, 0.1) is 12.3 Å². The monoisotopic (exact) mass is 315 g/mol. The molecule has 0 spiro atoms. The molecular weight excluding hydrogens is 290 g/mol. The second kappa shape index (κ2) is 8.22. The Balaban J connectivity index is 2.14. The Morgan fingerprint density at radius 3 is 2.65 bits per heavy atom. The Hall–Kier alpha value is -2.50. The van der Waals surface area contributed by atoms with Gasteiger partial charge in [0.1, 0.15) is 17.8 Å².